The van der Waals surface area contributed by atoms with Gasteiger partial charge in [0.2, 0.25) is 0 Å². The molecule has 0 heterocycles. The van der Waals surface area contributed by atoms with E-state index in [2.05, 4.69) is 21.2 Å². The molecule has 0 amide bonds. The molecule has 0 spiro atoms. The van der Waals surface area contributed by atoms with Gasteiger partial charge in [0.1, 0.15) is 6.07 Å². The van der Waals surface area contributed by atoms with Crippen molar-refractivity contribution in [3.05, 3.63) is 69.7 Å². The van der Waals surface area contributed by atoms with Crippen LogP contribution in [0.5, 0.6) is 0 Å². The molecule has 0 aromatic heterocycles. The van der Waals surface area contributed by atoms with Crippen molar-refractivity contribution in [2.45, 2.75) is 0 Å². The van der Waals surface area contributed by atoms with Gasteiger partial charge in [0.05, 0.1) is 43.2 Å². The summed E-state index contributed by atoms with van der Waals surface area (Å²) in [5, 5.41) is 44.7. The second kappa shape index (κ2) is 7.30. The summed E-state index contributed by atoms with van der Waals surface area (Å²) in [6, 6.07) is 5.60. The zero-order valence-corrected chi connectivity index (χ0v) is 14.6. The Morgan fingerprint density at radius 3 is 1.96 bits per heavy atom. The number of anilines is 2. The molecule has 13 heteroatoms. The molecule has 2 rings (SSSR count). The monoisotopic (exact) mass is 441 g/mol. The standard InChI is InChI=1S/C13H5BrClN5O6/c14-8-4-10(9(15)1-6(8)5-16)17-13-11(19(23)24)2-7(18(21)22)3-12(13)20(25)26/h1-4,17H. The highest BCUT2D eigenvalue weighted by Crippen LogP contribution is 2.42. The third-order valence-corrected chi connectivity index (χ3v) is 4.09. The first-order valence-electron chi connectivity index (χ1n) is 6.43. The average Bonchev–Trinajstić information content (AvgIpc) is 2.56. The summed E-state index contributed by atoms with van der Waals surface area (Å²) in [7, 11) is 0. The van der Waals surface area contributed by atoms with E-state index >= 15 is 0 Å². The quantitative estimate of drug-likeness (QED) is 0.524. The minimum Gasteiger partial charge on any atom is -0.343 e. The van der Waals surface area contributed by atoms with Crippen LogP contribution in [0.3, 0.4) is 0 Å². The summed E-state index contributed by atoms with van der Waals surface area (Å²) >= 11 is 9.10. The predicted molar refractivity (Wildman–Crippen MR) is 93.6 cm³/mol. The van der Waals surface area contributed by atoms with Gasteiger partial charge in [0.25, 0.3) is 5.69 Å². The smallest absolute Gasteiger partial charge is 0.306 e. The van der Waals surface area contributed by atoms with Gasteiger partial charge in [-0.25, -0.2) is 0 Å². The largest absolute Gasteiger partial charge is 0.343 e. The molecule has 11 nitrogen and oxygen atoms in total. The number of halogens is 2. The summed E-state index contributed by atoms with van der Waals surface area (Å²) in [4.78, 5) is 30.4. The molecule has 2 aromatic rings. The van der Waals surface area contributed by atoms with Crippen LogP contribution in [0, 0.1) is 41.7 Å². The van der Waals surface area contributed by atoms with Crippen molar-refractivity contribution in [2.75, 3.05) is 5.32 Å². The Balaban J connectivity index is 2.71. The number of benzene rings is 2. The van der Waals surface area contributed by atoms with Gasteiger partial charge in [-0.05, 0) is 28.1 Å². The van der Waals surface area contributed by atoms with E-state index in [0.717, 1.165) is 0 Å². The summed E-state index contributed by atoms with van der Waals surface area (Å²) in [5.41, 5.74) is -2.93. The zero-order valence-electron chi connectivity index (χ0n) is 12.3. The van der Waals surface area contributed by atoms with Gasteiger partial charge in [0.15, 0.2) is 5.69 Å². The maximum atomic E-state index is 11.2. The molecule has 2 aromatic carbocycles. The van der Waals surface area contributed by atoms with E-state index in [1.54, 1.807) is 0 Å². The van der Waals surface area contributed by atoms with Gasteiger partial charge in [-0.3, -0.25) is 30.3 Å². The minimum atomic E-state index is -0.991. The molecule has 0 saturated carbocycles. The molecule has 0 aliphatic rings. The molecule has 0 radical (unpaired) electrons. The molecular formula is C13H5BrClN5O6. The SMILES string of the molecule is N#Cc1cc(Cl)c(Nc2c([N+](=O)[O-])cc([N+](=O)[O-])cc2[N+](=O)[O-])cc1Br. The van der Waals surface area contributed by atoms with E-state index < -0.39 is 37.5 Å². The van der Waals surface area contributed by atoms with Crippen LogP contribution >= 0.6 is 27.5 Å². The zero-order chi connectivity index (χ0) is 19.6. The topological polar surface area (TPSA) is 165 Å². The average molecular weight is 443 g/mol. The fraction of sp³-hybridized carbons (Fsp3) is 0. The lowest BCUT2D eigenvalue weighted by Gasteiger charge is -2.10. The molecule has 0 atom stereocenters. The molecule has 0 fully saturated rings. The van der Waals surface area contributed by atoms with Crippen LogP contribution in [0.1, 0.15) is 5.56 Å². The van der Waals surface area contributed by atoms with Crippen LogP contribution in [0.25, 0.3) is 0 Å². The van der Waals surface area contributed by atoms with Crippen molar-refractivity contribution in [3.8, 4) is 6.07 Å². The first-order chi connectivity index (χ1) is 12.1. The van der Waals surface area contributed by atoms with Gasteiger partial charge in [-0.1, -0.05) is 11.6 Å². The maximum absolute atomic E-state index is 11.2. The fourth-order valence-corrected chi connectivity index (χ4v) is 2.62. The van der Waals surface area contributed by atoms with Crippen LogP contribution in [0.4, 0.5) is 28.4 Å². The Kier molecular flexibility index (Phi) is 5.34. The Labute approximate surface area is 157 Å². The molecule has 132 valence electrons. The van der Waals surface area contributed by atoms with Gasteiger partial charge in [0, 0.05) is 4.47 Å². The molecule has 0 saturated heterocycles. The molecule has 0 unspecified atom stereocenters. The Bertz CT molecular complexity index is 970. The Hall–Kier alpha value is -3.30. The third-order valence-electron chi connectivity index (χ3n) is 3.12. The number of rotatable bonds is 5. The number of nitro benzene ring substituents is 3. The first kappa shape index (κ1) is 19.0. The molecular weight excluding hydrogens is 438 g/mol. The summed E-state index contributed by atoms with van der Waals surface area (Å²) in [6.07, 6.45) is 0. The predicted octanol–water partition coefficient (Wildman–Crippen LogP) is 4.44. The molecule has 0 bridgehead atoms. The highest BCUT2D eigenvalue weighted by molar-refractivity contribution is 9.10. The van der Waals surface area contributed by atoms with Crippen molar-refractivity contribution >= 4 is 56.0 Å². The van der Waals surface area contributed by atoms with E-state index in [9.17, 15) is 30.3 Å². The number of non-ortho nitro benzene ring substituents is 1. The second-order valence-corrected chi connectivity index (χ2v) is 5.94. The fourth-order valence-electron chi connectivity index (χ4n) is 1.98. The lowest BCUT2D eigenvalue weighted by Crippen LogP contribution is -2.04. The Morgan fingerprint density at radius 1 is 1.00 bits per heavy atom. The number of nitrogens with zero attached hydrogens (tertiary/aromatic N) is 4. The van der Waals surface area contributed by atoms with Gasteiger partial charge >= 0.3 is 11.4 Å². The highest BCUT2D eigenvalue weighted by atomic mass is 79.9. The van der Waals surface area contributed by atoms with E-state index in [4.69, 9.17) is 16.9 Å². The van der Waals surface area contributed by atoms with Crippen LogP contribution in [-0.2, 0) is 0 Å². The van der Waals surface area contributed by atoms with E-state index in [-0.39, 0.29) is 16.3 Å². The van der Waals surface area contributed by atoms with Crippen LogP contribution in [-0.4, -0.2) is 14.8 Å². The molecule has 1 N–H and O–H groups in total. The lowest BCUT2D eigenvalue weighted by molar-refractivity contribution is -0.401. The normalized spacial score (nSPS) is 10.0. The molecule has 26 heavy (non-hydrogen) atoms. The van der Waals surface area contributed by atoms with Crippen molar-refractivity contribution in [2.24, 2.45) is 0 Å². The highest BCUT2D eigenvalue weighted by Gasteiger charge is 2.31. The molecule has 0 aliphatic heterocycles. The summed E-state index contributed by atoms with van der Waals surface area (Å²) in [5.74, 6) is 0. The Morgan fingerprint density at radius 2 is 1.54 bits per heavy atom. The minimum absolute atomic E-state index is 0.0256. The molecule has 0 aliphatic carbocycles. The third kappa shape index (κ3) is 3.68. The van der Waals surface area contributed by atoms with Crippen LogP contribution < -0.4 is 5.32 Å². The maximum Gasteiger partial charge on any atom is 0.306 e. The van der Waals surface area contributed by atoms with E-state index in [0.29, 0.717) is 16.6 Å². The number of hydrogen-bond acceptors (Lipinski definition) is 8. The number of hydrogen-bond donors (Lipinski definition) is 1. The lowest BCUT2D eigenvalue weighted by atomic mass is 10.1. The van der Waals surface area contributed by atoms with Crippen molar-refractivity contribution in [1.29, 1.82) is 5.26 Å². The number of nitriles is 1. The second-order valence-electron chi connectivity index (χ2n) is 4.68. The van der Waals surface area contributed by atoms with Gasteiger partial charge < -0.3 is 5.32 Å². The van der Waals surface area contributed by atoms with E-state index in [1.165, 1.54) is 12.1 Å². The first-order valence-corrected chi connectivity index (χ1v) is 7.60. The van der Waals surface area contributed by atoms with Crippen LogP contribution in [0.15, 0.2) is 28.7 Å². The number of nitrogens with one attached hydrogen (secondary N) is 1. The summed E-state index contributed by atoms with van der Waals surface area (Å²) < 4.78 is 0.291. The van der Waals surface area contributed by atoms with E-state index in [1.807, 2.05) is 6.07 Å². The van der Waals surface area contributed by atoms with Crippen molar-refractivity contribution < 1.29 is 14.8 Å². The van der Waals surface area contributed by atoms with Crippen LogP contribution in [0.2, 0.25) is 5.02 Å². The number of nitro groups is 3. The van der Waals surface area contributed by atoms with Gasteiger partial charge in [-0.15, -0.1) is 0 Å². The van der Waals surface area contributed by atoms with Crippen molar-refractivity contribution in [1.82, 2.24) is 0 Å². The summed E-state index contributed by atoms with van der Waals surface area (Å²) in [6.45, 7) is 0. The van der Waals surface area contributed by atoms with Gasteiger partial charge in [-0.2, -0.15) is 5.26 Å². The van der Waals surface area contributed by atoms with Crippen molar-refractivity contribution in [3.63, 3.8) is 0 Å².